The number of allylic oxidation sites excluding steroid dienone is 2. The highest BCUT2D eigenvalue weighted by molar-refractivity contribution is 5.93. The van der Waals surface area contributed by atoms with E-state index in [-0.39, 0.29) is 29.6 Å². The summed E-state index contributed by atoms with van der Waals surface area (Å²) in [6.45, 7) is 27.9. The number of unbranched alkanes of at least 4 members (excludes halogenated alkanes) is 2. The maximum atomic E-state index is 13.2. The highest BCUT2D eigenvalue weighted by Gasteiger charge is 2.35. The zero-order valence-corrected chi connectivity index (χ0v) is 51.0. The average Bonchev–Trinajstić information content (AvgIpc) is 3.23. The summed E-state index contributed by atoms with van der Waals surface area (Å²) in [5.74, 6) is -3.93. The maximum absolute atomic E-state index is 13.2. The molecule has 0 radical (unpaired) electrons. The van der Waals surface area contributed by atoms with Crippen molar-refractivity contribution in [2.45, 2.75) is 181 Å². The summed E-state index contributed by atoms with van der Waals surface area (Å²) in [4.78, 5) is 108. The summed E-state index contributed by atoms with van der Waals surface area (Å²) in [5.41, 5.74) is 9.30. The van der Waals surface area contributed by atoms with Gasteiger partial charge in [-0.2, -0.15) is 0 Å². The van der Waals surface area contributed by atoms with Gasteiger partial charge < -0.3 is 36.2 Å². The largest absolute Gasteiger partial charge is 0.480 e. The van der Waals surface area contributed by atoms with E-state index in [1.807, 2.05) is 76.4 Å². The van der Waals surface area contributed by atoms with Crippen molar-refractivity contribution in [3.8, 4) is 0 Å². The second-order valence-electron chi connectivity index (χ2n) is 22.2. The number of carbonyl (C=O) groups excluding carboxylic acids is 7. The van der Waals surface area contributed by atoms with Crippen LogP contribution in [0.5, 0.6) is 0 Å². The fourth-order valence-electron chi connectivity index (χ4n) is 9.33. The first-order chi connectivity index (χ1) is 40.4. The monoisotopic (exact) mass is 1170 g/mol. The van der Waals surface area contributed by atoms with Crippen LogP contribution in [0.2, 0.25) is 0 Å². The van der Waals surface area contributed by atoms with Crippen LogP contribution in [0.15, 0.2) is 92.8 Å². The molecule has 2 fully saturated rings. The van der Waals surface area contributed by atoms with Crippen LogP contribution in [0.25, 0.3) is 27.6 Å². The Morgan fingerprint density at radius 2 is 1.12 bits per heavy atom. The lowest BCUT2D eigenvalue weighted by Crippen LogP contribution is -2.61. The lowest BCUT2D eigenvalue weighted by Gasteiger charge is -2.35. The van der Waals surface area contributed by atoms with Crippen LogP contribution < -0.4 is 32.1 Å². The number of carboxylic acids is 1. The molecule has 0 saturated carbocycles. The number of aryl methyl sites for hydroxylation is 1. The maximum Gasteiger partial charge on any atom is 0.325 e. The molecule has 2 saturated heterocycles. The molecule has 2 aliphatic heterocycles. The number of carboxylic acid groups (broad SMARTS) is 1. The smallest absolute Gasteiger partial charge is 0.325 e. The third-order valence-electron chi connectivity index (χ3n) is 14.5. The number of aliphatic hydroxyl groups excluding tert-OH is 1. The van der Waals surface area contributed by atoms with Crippen molar-refractivity contribution in [1.29, 1.82) is 0 Å². The Kier molecular flexibility index (Phi) is 28.5. The van der Waals surface area contributed by atoms with Gasteiger partial charge in [0.25, 0.3) is 11.8 Å². The number of aromatic nitrogens is 2. The fraction of sp³-hybridized carbons (Fsp3) is 0.500. The Bertz CT molecular complexity index is 2970. The molecular formula is C64H90N10O11. The van der Waals surface area contributed by atoms with E-state index in [4.69, 9.17) is 9.84 Å². The quantitative estimate of drug-likeness (QED) is 0.0182. The van der Waals surface area contributed by atoms with E-state index in [0.29, 0.717) is 70.9 Å². The first-order valence-corrected chi connectivity index (χ1v) is 29.5. The Balaban J connectivity index is 0.000000307. The van der Waals surface area contributed by atoms with Crippen LogP contribution in [0.1, 0.15) is 161 Å². The minimum atomic E-state index is -1.02. The van der Waals surface area contributed by atoms with Crippen molar-refractivity contribution in [3.05, 3.63) is 115 Å². The van der Waals surface area contributed by atoms with Gasteiger partial charge in [-0.05, 0) is 150 Å². The molecule has 2 aromatic carbocycles. The predicted molar refractivity (Wildman–Crippen MR) is 328 cm³/mol. The molecule has 2 aromatic heterocycles. The molecule has 6 amide bonds. The van der Waals surface area contributed by atoms with E-state index in [1.165, 1.54) is 16.9 Å². The van der Waals surface area contributed by atoms with Gasteiger partial charge in [-0.3, -0.25) is 58.3 Å². The number of hydrazine groups is 2. The molecule has 2 aliphatic rings. The van der Waals surface area contributed by atoms with Crippen molar-refractivity contribution in [2.24, 2.45) is 11.8 Å². The van der Waals surface area contributed by atoms with Crippen LogP contribution in [-0.2, 0) is 49.5 Å². The Morgan fingerprint density at radius 3 is 1.59 bits per heavy atom. The molecule has 6 rings (SSSR count). The predicted octanol–water partition coefficient (Wildman–Crippen LogP) is 7.40. The van der Waals surface area contributed by atoms with Gasteiger partial charge in [-0.1, -0.05) is 77.6 Å². The van der Waals surface area contributed by atoms with Crippen molar-refractivity contribution in [2.75, 3.05) is 13.1 Å². The zero-order chi connectivity index (χ0) is 62.9. The van der Waals surface area contributed by atoms with Crippen LogP contribution >= 0.6 is 0 Å². The molecule has 8 atom stereocenters. The molecule has 0 spiro atoms. The van der Waals surface area contributed by atoms with Crippen molar-refractivity contribution in [1.82, 2.24) is 52.1 Å². The number of nitrogens with one attached hydrogen (secondary N) is 6. The molecule has 462 valence electrons. The van der Waals surface area contributed by atoms with Crippen LogP contribution in [0.4, 0.5) is 0 Å². The summed E-state index contributed by atoms with van der Waals surface area (Å²) < 4.78 is 5.77. The Hall–Kier alpha value is -7.88. The number of carbonyl (C=O) groups is 8. The highest BCUT2D eigenvalue weighted by Crippen LogP contribution is 2.25. The number of hydrogen-bond donors (Lipinski definition) is 8. The summed E-state index contributed by atoms with van der Waals surface area (Å²) in [6, 6.07) is 11.0. The van der Waals surface area contributed by atoms with E-state index in [2.05, 4.69) is 74.8 Å². The summed E-state index contributed by atoms with van der Waals surface area (Å²) in [7, 11) is 0. The number of aliphatic hydroxyl groups is 1. The number of benzene rings is 2. The minimum Gasteiger partial charge on any atom is -0.480 e. The summed E-state index contributed by atoms with van der Waals surface area (Å²) in [6.07, 6.45) is 14.3. The second kappa shape index (κ2) is 34.8. The normalized spacial score (nSPS) is 17.0. The number of nitrogens with zero attached hydrogens (tertiary/aromatic N) is 4. The van der Waals surface area contributed by atoms with E-state index in [0.717, 1.165) is 56.9 Å². The molecule has 0 unspecified atom stereocenters. The lowest BCUT2D eigenvalue weighted by molar-refractivity contribution is -0.157. The molecule has 4 heterocycles. The van der Waals surface area contributed by atoms with E-state index in [9.17, 15) is 43.5 Å². The van der Waals surface area contributed by atoms with Crippen molar-refractivity contribution in [3.63, 3.8) is 0 Å². The third-order valence-corrected chi connectivity index (χ3v) is 14.5. The number of aliphatic carboxylic acids is 1. The van der Waals surface area contributed by atoms with E-state index >= 15 is 0 Å². The van der Waals surface area contributed by atoms with Crippen LogP contribution in [0, 0.1) is 11.8 Å². The van der Waals surface area contributed by atoms with E-state index in [1.54, 1.807) is 45.2 Å². The topological polar surface area (TPSA) is 291 Å². The van der Waals surface area contributed by atoms with E-state index < -0.39 is 78.1 Å². The third kappa shape index (κ3) is 21.9. The first kappa shape index (κ1) is 69.6. The Labute approximate surface area is 500 Å². The molecular weight excluding hydrogens is 1080 g/mol. The molecule has 0 aliphatic carbocycles. The van der Waals surface area contributed by atoms with Gasteiger partial charge in [0.1, 0.15) is 42.4 Å². The number of ether oxygens (including phenoxy) is 1. The molecule has 0 bridgehead atoms. The average molecular weight is 1180 g/mol. The SMILES string of the molecule is C=CCCCC(=O)N[C@H](C(=O)N[C@@H](C)C(=O)N1CCC[C@@H](C(=O)O)N1)C(C)C.C=CCCCC(=O)N[C@H](C(=O)N[C@@H](C)C(=O)N1CCC[C@@H](C(=O)O[C@H](C)c2ccc3cnc(C=C)cc3c2)N1)C(C)C.CCc1cc2cc([C@@H](C)O)ccc2cn1. The summed E-state index contributed by atoms with van der Waals surface area (Å²) in [5, 5.41) is 36.3. The lowest BCUT2D eigenvalue weighted by atomic mass is 10.0. The minimum absolute atomic E-state index is 0.157. The highest BCUT2D eigenvalue weighted by atomic mass is 16.5. The number of amides is 6. The molecule has 4 aromatic rings. The van der Waals surface area contributed by atoms with Gasteiger partial charge in [-0.15, -0.1) is 13.2 Å². The van der Waals surface area contributed by atoms with Gasteiger partial charge in [-0.25, -0.2) is 10.9 Å². The number of rotatable bonds is 25. The van der Waals surface area contributed by atoms with Gasteiger partial charge in [0.15, 0.2) is 0 Å². The molecule has 85 heavy (non-hydrogen) atoms. The molecule has 21 nitrogen and oxygen atoms in total. The van der Waals surface area contributed by atoms with Gasteiger partial charge in [0, 0.05) is 54.8 Å². The van der Waals surface area contributed by atoms with Gasteiger partial charge in [0.2, 0.25) is 23.6 Å². The summed E-state index contributed by atoms with van der Waals surface area (Å²) >= 11 is 0. The van der Waals surface area contributed by atoms with Gasteiger partial charge >= 0.3 is 11.9 Å². The second-order valence-corrected chi connectivity index (χ2v) is 22.2. The molecule has 8 N–H and O–H groups in total. The fourth-order valence-corrected chi connectivity index (χ4v) is 9.33. The van der Waals surface area contributed by atoms with Crippen molar-refractivity contribution < 1.29 is 53.3 Å². The Morgan fingerprint density at radius 1 is 0.647 bits per heavy atom. The first-order valence-electron chi connectivity index (χ1n) is 29.5. The molecule has 21 heteroatoms. The number of fused-ring (bicyclic) bond motifs is 2. The van der Waals surface area contributed by atoms with Crippen LogP contribution in [0.3, 0.4) is 0 Å². The van der Waals surface area contributed by atoms with Crippen molar-refractivity contribution >= 4 is 75.0 Å². The zero-order valence-electron chi connectivity index (χ0n) is 51.0. The standard InChI is InChI=1S/C32H43N5O5.C19H32N4O5.C13H15NO/c1-7-9-10-13-28(38)35-29(20(3)4)30(39)34-21(5)31(40)37-16-11-12-27(36-37)32(41)42-22(6)23-14-15-24-19-33-26(8-2)18-25(24)17-23;1-5-6-7-10-15(24)21-16(12(2)3)17(25)20-13(4)18(26)23-11-8-9-14(22-23)19(27)28;1-3-13-7-12-6-10(9(2)15)4-5-11(12)8-14-13/h7-8,14-15,17-22,27,29,36H,1-2,9-13,16H2,3-6H3,(H,34,39)(H,35,38);5,12-14,16,22H,1,6-11H2,2-4H3,(H,20,25)(H,21,24)(H,27,28);4-9,15H,3H2,1-2H3/t21-,22+,27-,29-;13-,14-,16-;9-/m001/s1. The van der Waals surface area contributed by atoms with Crippen LogP contribution in [-0.4, -0.2) is 127 Å². The number of hydrogen-bond acceptors (Lipinski definition) is 14. The number of esters is 1. The van der Waals surface area contributed by atoms with Gasteiger partial charge in [0.05, 0.1) is 11.8 Å². The number of pyridine rings is 2.